The van der Waals surface area contributed by atoms with Gasteiger partial charge in [0.2, 0.25) is 10.0 Å². The number of methoxy groups -OCH3 is 3. The second-order valence-electron chi connectivity index (χ2n) is 8.32. The standard InChI is InChI=1S/C25H30N4O5S/c1-17-15-24(18(2)14-22(17)33-4)35(30,31)29-12-10-28(11-13-29)25-9-7-20(26-27-25)19-6-8-21(32-3)23(16-19)34-5/h6-9,14-16H,10-13H2,1-5H3. The third kappa shape index (κ3) is 4.89. The van der Waals surface area contributed by atoms with Gasteiger partial charge in [-0.15, -0.1) is 10.2 Å². The van der Waals surface area contributed by atoms with E-state index < -0.39 is 10.0 Å². The Hall–Kier alpha value is -3.37. The van der Waals surface area contributed by atoms with Gasteiger partial charge in [-0.3, -0.25) is 0 Å². The molecule has 4 rings (SSSR count). The number of nitrogens with zero attached hydrogens (tertiary/aromatic N) is 4. The van der Waals surface area contributed by atoms with Gasteiger partial charge < -0.3 is 19.1 Å². The predicted octanol–water partition coefficient (Wildman–Crippen LogP) is 3.30. The van der Waals surface area contributed by atoms with Crippen LogP contribution in [0.2, 0.25) is 0 Å². The van der Waals surface area contributed by atoms with Crippen LogP contribution in [0.15, 0.2) is 47.4 Å². The lowest BCUT2D eigenvalue weighted by Crippen LogP contribution is -2.49. The Kier molecular flexibility index (Phi) is 7.13. The molecule has 35 heavy (non-hydrogen) atoms. The van der Waals surface area contributed by atoms with Crippen molar-refractivity contribution in [3.63, 3.8) is 0 Å². The van der Waals surface area contributed by atoms with E-state index >= 15 is 0 Å². The van der Waals surface area contributed by atoms with E-state index in [0.29, 0.717) is 65.4 Å². The van der Waals surface area contributed by atoms with Crippen molar-refractivity contribution in [2.24, 2.45) is 0 Å². The van der Waals surface area contributed by atoms with Crippen molar-refractivity contribution in [1.29, 1.82) is 0 Å². The highest BCUT2D eigenvalue weighted by atomic mass is 32.2. The van der Waals surface area contributed by atoms with Crippen molar-refractivity contribution in [3.05, 3.63) is 53.6 Å². The maximum atomic E-state index is 13.3. The molecule has 186 valence electrons. The summed E-state index contributed by atoms with van der Waals surface area (Å²) in [6, 6.07) is 12.8. The van der Waals surface area contributed by atoms with E-state index in [-0.39, 0.29) is 0 Å². The number of rotatable bonds is 7. The first kappa shape index (κ1) is 24.7. The molecule has 0 radical (unpaired) electrons. The lowest BCUT2D eigenvalue weighted by molar-refractivity contribution is 0.355. The summed E-state index contributed by atoms with van der Waals surface area (Å²) >= 11 is 0. The number of aromatic nitrogens is 2. The molecular weight excluding hydrogens is 468 g/mol. The molecule has 2 heterocycles. The first-order valence-electron chi connectivity index (χ1n) is 11.2. The minimum absolute atomic E-state index is 0.323. The van der Waals surface area contributed by atoms with Crippen molar-refractivity contribution in [3.8, 4) is 28.5 Å². The lowest BCUT2D eigenvalue weighted by Gasteiger charge is -2.34. The third-order valence-corrected chi connectivity index (χ3v) is 8.24. The van der Waals surface area contributed by atoms with Crippen LogP contribution in [-0.2, 0) is 10.0 Å². The zero-order valence-corrected chi connectivity index (χ0v) is 21.4. The van der Waals surface area contributed by atoms with Crippen LogP contribution in [-0.4, -0.2) is 70.4 Å². The summed E-state index contributed by atoms with van der Waals surface area (Å²) in [6.45, 7) is 5.42. The molecule has 0 atom stereocenters. The number of aryl methyl sites for hydroxylation is 2. The van der Waals surface area contributed by atoms with Crippen LogP contribution < -0.4 is 19.1 Å². The smallest absolute Gasteiger partial charge is 0.243 e. The van der Waals surface area contributed by atoms with Crippen LogP contribution in [0.1, 0.15) is 11.1 Å². The van der Waals surface area contributed by atoms with Gasteiger partial charge >= 0.3 is 0 Å². The Bertz CT molecular complexity index is 1300. The largest absolute Gasteiger partial charge is 0.496 e. The highest BCUT2D eigenvalue weighted by molar-refractivity contribution is 7.89. The molecule has 0 saturated carbocycles. The number of benzene rings is 2. The summed E-state index contributed by atoms with van der Waals surface area (Å²) < 4.78 is 44.2. The molecule has 1 aromatic heterocycles. The summed E-state index contributed by atoms with van der Waals surface area (Å²) in [5.74, 6) is 2.66. The van der Waals surface area contributed by atoms with Gasteiger partial charge in [0, 0.05) is 31.7 Å². The van der Waals surface area contributed by atoms with E-state index in [9.17, 15) is 8.42 Å². The first-order chi connectivity index (χ1) is 16.8. The van der Waals surface area contributed by atoms with Gasteiger partial charge in [-0.25, -0.2) is 8.42 Å². The van der Waals surface area contributed by atoms with Crippen molar-refractivity contribution >= 4 is 15.8 Å². The summed E-state index contributed by atoms with van der Waals surface area (Å²) in [7, 11) is 1.16. The second-order valence-corrected chi connectivity index (χ2v) is 10.2. The molecule has 3 aromatic rings. The molecule has 0 unspecified atom stereocenters. The highest BCUT2D eigenvalue weighted by Crippen LogP contribution is 2.32. The lowest BCUT2D eigenvalue weighted by atomic mass is 10.1. The molecule has 1 saturated heterocycles. The summed E-state index contributed by atoms with van der Waals surface area (Å²) in [5.41, 5.74) is 3.04. The molecule has 0 aliphatic carbocycles. The van der Waals surface area contributed by atoms with Gasteiger partial charge in [-0.2, -0.15) is 4.31 Å². The Balaban J connectivity index is 1.46. The molecule has 1 aliphatic heterocycles. The fourth-order valence-corrected chi connectivity index (χ4v) is 5.91. The van der Waals surface area contributed by atoms with Crippen LogP contribution in [0, 0.1) is 13.8 Å². The van der Waals surface area contributed by atoms with Gasteiger partial charge in [0.05, 0.1) is 31.9 Å². The van der Waals surface area contributed by atoms with E-state index in [1.807, 2.05) is 42.2 Å². The first-order valence-corrected chi connectivity index (χ1v) is 12.7. The molecule has 0 spiro atoms. The van der Waals surface area contributed by atoms with Crippen molar-refractivity contribution in [1.82, 2.24) is 14.5 Å². The van der Waals surface area contributed by atoms with E-state index in [1.54, 1.807) is 40.4 Å². The van der Waals surface area contributed by atoms with Crippen LogP contribution >= 0.6 is 0 Å². The Labute approximate surface area is 206 Å². The molecule has 2 aromatic carbocycles. The minimum Gasteiger partial charge on any atom is -0.496 e. The topological polar surface area (TPSA) is 94.1 Å². The van der Waals surface area contributed by atoms with E-state index in [1.165, 1.54) is 4.31 Å². The Morgan fingerprint density at radius 3 is 2.03 bits per heavy atom. The van der Waals surface area contributed by atoms with Gasteiger partial charge in [0.1, 0.15) is 5.75 Å². The number of anilines is 1. The zero-order valence-electron chi connectivity index (χ0n) is 20.6. The number of ether oxygens (including phenoxy) is 3. The molecule has 0 N–H and O–H groups in total. The predicted molar refractivity (Wildman–Crippen MR) is 134 cm³/mol. The minimum atomic E-state index is -3.61. The highest BCUT2D eigenvalue weighted by Gasteiger charge is 2.30. The summed E-state index contributed by atoms with van der Waals surface area (Å²) in [5, 5.41) is 8.77. The average molecular weight is 499 g/mol. The average Bonchev–Trinajstić information content (AvgIpc) is 2.89. The Morgan fingerprint density at radius 2 is 1.43 bits per heavy atom. The maximum Gasteiger partial charge on any atom is 0.243 e. The van der Waals surface area contributed by atoms with Crippen LogP contribution in [0.4, 0.5) is 5.82 Å². The van der Waals surface area contributed by atoms with Crippen molar-refractivity contribution < 1.29 is 22.6 Å². The summed E-state index contributed by atoms with van der Waals surface area (Å²) in [4.78, 5) is 2.37. The molecule has 1 fully saturated rings. The van der Waals surface area contributed by atoms with Crippen LogP contribution in [0.3, 0.4) is 0 Å². The van der Waals surface area contributed by atoms with Crippen molar-refractivity contribution in [2.75, 3.05) is 52.4 Å². The van der Waals surface area contributed by atoms with Gasteiger partial charge in [-0.1, -0.05) is 0 Å². The maximum absolute atomic E-state index is 13.3. The molecule has 0 amide bonds. The quantitative estimate of drug-likeness (QED) is 0.490. The monoisotopic (exact) mass is 498 g/mol. The zero-order chi connectivity index (χ0) is 25.2. The normalized spacial score (nSPS) is 14.6. The molecule has 9 nitrogen and oxygen atoms in total. The fourth-order valence-electron chi connectivity index (χ4n) is 4.20. The van der Waals surface area contributed by atoms with E-state index in [4.69, 9.17) is 14.2 Å². The third-order valence-electron chi connectivity index (χ3n) is 6.20. The number of hydrogen-bond donors (Lipinski definition) is 0. The number of sulfonamides is 1. The molecule has 1 aliphatic rings. The Morgan fingerprint density at radius 1 is 0.743 bits per heavy atom. The van der Waals surface area contributed by atoms with Gasteiger partial charge in [0.15, 0.2) is 17.3 Å². The van der Waals surface area contributed by atoms with E-state index in [2.05, 4.69) is 10.2 Å². The SMILES string of the molecule is COc1cc(C)c(S(=O)(=O)N2CCN(c3ccc(-c4ccc(OC)c(OC)c4)nn3)CC2)cc1C. The van der Waals surface area contributed by atoms with Crippen molar-refractivity contribution in [2.45, 2.75) is 18.7 Å². The summed E-state index contributed by atoms with van der Waals surface area (Å²) in [6.07, 6.45) is 0. The van der Waals surface area contributed by atoms with Gasteiger partial charge in [0.25, 0.3) is 0 Å². The second kappa shape index (κ2) is 10.1. The van der Waals surface area contributed by atoms with Crippen LogP contribution in [0.25, 0.3) is 11.3 Å². The van der Waals surface area contributed by atoms with E-state index in [0.717, 1.165) is 11.1 Å². The molecular formula is C25H30N4O5S. The number of hydrogen-bond acceptors (Lipinski definition) is 8. The molecule has 10 heteroatoms. The van der Waals surface area contributed by atoms with Crippen LogP contribution in [0.5, 0.6) is 17.2 Å². The number of piperazine rings is 1. The molecule has 0 bridgehead atoms. The van der Waals surface area contributed by atoms with Gasteiger partial charge in [-0.05, 0) is 67.4 Å². The fraction of sp³-hybridized carbons (Fsp3) is 0.360.